The summed E-state index contributed by atoms with van der Waals surface area (Å²) < 4.78 is 19.0. The first-order valence-electron chi connectivity index (χ1n) is 10.4. The molecule has 5 nitrogen and oxygen atoms in total. The lowest BCUT2D eigenvalue weighted by Crippen LogP contribution is -2.25. The van der Waals surface area contributed by atoms with Crippen LogP contribution in [0.3, 0.4) is 0 Å². The van der Waals surface area contributed by atoms with Crippen LogP contribution in [0.25, 0.3) is 6.08 Å². The number of carbonyl (C=O) groups is 2. The van der Waals surface area contributed by atoms with Gasteiger partial charge < -0.3 is 15.4 Å². The Morgan fingerprint density at radius 2 is 1.78 bits per heavy atom. The molecule has 3 aromatic rings. The Kier molecular flexibility index (Phi) is 6.60. The van der Waals surface area contributed by atoms with Crippen molar-refractivity contribution in [3.63, 3.8) is 0 Å². The third-order valence-corrected chi connectivity index (χ3v) is 4.91. The molecule has 32 heavy (non-hydrogen) atoms. The van der Waals surface area contributed by atoms with Crippen LogP contribution in [0.1, 0.15) is 34.3 Å². The fourth-order valence-corrected chi connectivity index (χ4v) is 3.05. The minimum atomic E-state index is -0.310. The summed E-state index contributed by atoms with van der Waals surface area (Å²) in [6.07, 6.45) is 5.20. The van der Waals surface area contributed by atoms with Crippen molar-refractivity contribution in [1.29, 1.82) is 0 Å². The summed E-state index contributed by atoms with van der Waals surface area (Å²) in [6, 6.07) is 20.6. The molecule has 0 aliphatic heterocycles. The number of benzene rings is 3. The number of ether oxygens (including phenoxy) is 1. The molecule has 0 radical (unpaired) electrons. The lowest BCUT2D eigenvalue weighted by Gasteiger charge is -2.09. The topological polar surface area (TPSA) is 67.4 Å². The number of amides is 2. The van der Waals surface area contributed by atoms with Gasteiger partial charge in [0.05, 0.1) is 0 Å². The normalized spacial score (nSPS) is 13.0. The zero-order chi connectivity index (χ0) is 22.3. The van der Waals surface area contributed by atoms with Crippen molar-refractivity contribution in [3.05, 3.63) is 101 Å². The molecule has 6 heteroatoms. The monoisotopic (exact) mass is 430 g/mol. The summed E-state index contributed by atoms with van der Waals surface area (Å²) in [7, 11) is 0. The van der Waals surface area contributed by atoms with E-state index in [4.69, 9.17) is 4.74 Å². The van der Waals surface area contributed by atoms with Crippen LogP contribution in [0.5, 0.6) is 5.75 Å². The molecule has 162 valence electrons. The molecule has 0 spiro atoms. The Hall–Kier alpha value is -3.93. The third kappa shape index (κ3) is 6.28. The molecule has 1 fully saturated rings. The Balaban J connectivity index is 1.30. The van der Waals surface area contributed by atoms with Crippen LogP contribution < -0.4 is 15.4 Å². The van der Waals surface area contributed by atoms with Gasteiger partial charge >= 0.3 is 0 Å². The second kappa shape index (κ2) is 9.92. The Labute approximate surface area is 185 Å². The zero-order valence-corrected chi connectivity index (χ0v) is 17.4. The van der Waals surface area contributed by atoms with Crippen LogP contribution in [0.15, 0.2) is 78.9 Å². The summed E-state index contributed by atoms with van der Waals surface area (Å²) in [5.74, 6) is -0.103. The Morgan fingerprint density at radius 1 is 1.00 bits per heavy atom. The van der Waals surface area contributed by atoms with Crippen LogP contribution in [-0.4, -0.2) is 17.9 Å². The first kappa shape index (κ1) is 21.3. The minimum absolute atomic E-state index is 0.0692. The van der Waals surface area contributed by atoms with Crippen molar-refractivity contribution in [3.8, 4) is 5.75 Å². The van der Waals surface area contributed by atoms with E-state index in [0.29, 0.717) is 23.0 Å². The van der Waals surface area contributed by atoms with Gasteiger partial charge in [-0.1, -0.05) is 30.3 Å². The van der Waals surface area contributed by atoms with Gasteiger partial charge in [0.2, 0.25) is 5.91 Å². The summed E-state index contributed by atoms with van der Waals surface area (Å²) in [5, 5.41) is 5.73. The van der Waals surface area contributed by atoms with E-state index in [2.05, 4.69) is 10.6 Å². The predicted octanol–water partition coefficient (Wildman–Crippen LogP) is 4.95. The lowest BCUT2D eigenvalue weighted by molar-refractivity contribution is -0.111. The second-order valence-corrected chi connectivity index (χ2v) is 7.64. The van der Waals surface area contributed by atoms with Crippen molar-refractivity contribution in [2.75, 3.05) is 5.32 Å². The van der Waals surface area contributed by atoms with E-state index in [9.17, 15) is 14.0 Å². The van der Waals surface area contributed by atoms with Crippen molar-refractivity contribution in [2.45, 2.75) is 25.5 Å². The number of hydrogen-bond acceptors (Lipinski definition) is 3. The highest BCUT2D eigenvalue weighted by molar-refractivity contribution is 6.02. The number of nitrogens with one attached hydrogen (secondary N) is 2. The van der Waals surface area contributed by atoms with Gasteiger partial charge in [-0.2, -0.15) is 0 Å². The predicted molar refractivity (Wildman–Crippen MR) is 122 cm³/mol. The molecular formula is C26H23FN2O3. The molecule has 0 unspecified atom stereocenters. The molecule has 0 heterocycles. The molecule has 1 aliphatic rings. The maximum absolute atomic E-state index is 13.3. The fraction of sp³-hybridized carbons (Fsp3) is 0.154. The summed E-state index contributed by atoms with van der Waals surface area (Å²) in [5.41, 5.74) is 2.73. The van der Waals surface area contributed by atoms with Gasteiger partial charge in [-0.3, -0.25) is 9.59 Å². The average Bonchev–Trinajstić information content (AvgIpc) is 3.61. The van der Waals surface area contributed by atoms with Crippen molar-refractivity contribution < 1.29 is 18.7 Å². The molecule has 0 aromatic heterocycles. The summed E-state index contributed by atoms with van der Waals surface area (Å²) in [6.45, 7) is 0.226. The Bertz CT molecular complexity index is 1140. The molecule has 0 atom stereocenters. The Morgan fingerprint density at radius 3 is 2.53 bits per heavy atom. The van der Waals surface area contributed by atoms with Gasteiger partial charge in [0.1, 0.15) is 18.2 Å². The largest absolute Gasteiger partial charge is 0.489 e. The van der Waals surface area contributed by atoms with Crippen LogP contribution in [-0.2, 0) is 11.4 Å². The van der Waals surface area contributed by atoms with Gasteiger partial charge in [0, 0.05) is 29.4 Å². The highest BCUT2D eigenvalue weighted by atomic mass is 19.1. The van der Waals surface area contributed by atoms with E-state index in [1.54, 1.807) is 66.7 Å². The van der Waals surface area contributed by atoms with Crippen LogP contribution in [0.4, 0.5) is 10.1 Å². The molecule has 0 saturated heterocycles. The molecule has 1 saturated carbocycles. The van der Waals surface area contributed by atoms with E-state index in [1.807, 2.05) is 0 Å². The number of rotatable bonds is 8. The summed E-state index contributed by atoms with van der Waals surface area (Å²) in [4.78, 5) is 24.3. The van der Waals surface area contributed by atoms with Crippen LogP contribution in [0, 0.1) is 5.82 Å². The van der Waals surface area contributed by atoms with Crippen LogP contribution >= 0.6 is 0 Å². The van der Waals surface area contributed by atoms with E-state index in [0.717, 1.165) is 24.0 Å². The van der Waals surface area contributed by atoms with Crippen molar-refractivity contribution in [2.24, 2.45) is 0 Å². The van der Waals surface area contributed by atoms with Crippen molar-refractivity contribution in [1.82, 2.24) is 5.32 Å². The smallest absolute Gasteiger partial charge is 0.251 e. The minimum Gasteiger partial charge on any atom is -0.489 e. The van der Waals surface area contributed by atoms with Gasteiger partial charge in [-0.25, -0.2) is 4.39 Å². The molecule has 2 N–H and O–H groups in total. The second-order valence-electron chi connectivity index (χ2n) is 7.64. The first-order chi connectivity index (χ1) is 15.5. The number of carbonyl (C=O) groups excluding carboxylic acids is 2. The molecule has 2 amide bonds. The third-order valence-electron chi connectivity index (χ3n) is 4.91. The van der Waals surface area contributed by atoms with Gasteiger partial charge in [-0.15, -0.1) is 0 Å². The van der Waals surface area contributed by atoms with Gasteiger partial charge in [0.25, 0.3) is 5.91 Å². The molecule has 0 bridgehead atoms. The summed E-state index contributed by atoms with van der Waals surface area (Å²) >= 11 is 0. The number of anilines is 1. The standard InChI is InChI=1S/C26H23FN2O3/c27-21-4-1-3-19(15-21)17-32-24-6-2-5-23(16-24)28-25(30)14-9-18-7-10-20(11-8-18)26(31)29-22-12-13-22/h1-11,14-16,22H,12-13,17H2,(H,28,30)(H,29,31). The van der Waals surface area contributed by atoms with E-state index >= 15 is 0 Å². The maximum atomic E-state index is 13.3. The number of hydrogen-bond donors (Lipinski definition) is 2. The van der Waals surface area contributed by atoms with Gasteiger partial charge in [-0.05, 0) is 66.4 Å². The lowest BCUT2D eigenvalue weighted by atomic mass is 10.1. The van der Waals surface area contributed by atoms with E-state index in [1.165, 1.54) is 18.2 Å². The molecule has 1 aliphatic carbocycles. The molecular weight excluding hydrogens is 407 g/mol. The zero-order valence-electron chi connectivity index (χ0n) is 17.4. The quantitative estimate of drug-likeness (QED) is 0.497. The highest BCUT2D eigenvalue weighted by Gasteiger charge is 2.23. The fourth-order valence-electron chi connectivity index (χ4n) is 3.05. The SMILES string of the molecule is O=C(C=Cc1ccc(C(=O)NC2CC2)cc1)Nc1cccc(OCc2cccc(F)c2)c1. The maximum Gasteiger partial charge on any atom is 0.251 e. The van der Waals surface area contributed by atoms with E-state index < -0.39 is 0 Å². The van der Waals surface area contributed by atoms with Crippen molar-refractivity contribution >= 4 is 23.6 Å². The highest BCUT2D eigenvalue weighted by Crippen LogP contribution is 2.20. The van der Waals surface area contributed by atoms with Gasteiger partial charge in [0.15, 0.2) is 0 Å². The average molecular weight is 430 g/mol. The van der Waals surface area contributed by atoms with Crippen LogP contribution in [0.2, 0.25) is 0 Å². The molecule has 3 aromatic carbocycles. The number of halogens is 1. The molecule has 4 rings (SSSR count). The van der Waals surface area contributed by atoms with E-state index in [-0.39, 0.29) is 24.2 Å². The first-order valence-corrected chi connectivity index (χ1v) is 10.4.